The zero-order valence-electron chi connectivity index (χ0n) is 13.7. The quantitative estimate of drug-likeness (QED) is 0.716. The molecule has 3 nitrogen and oxygen atoms in total. The van der Waals surface area contributed by atoms with Crippen LogP contribution in [0.4, 0.5) is 10.1 Å². The van der Waals surface area contributed by atoms with Crippen molar-refractivity contribution in [2.45, 2.75) is 0 Å². The fraction of sp³-hybridized carbons (Fsp3) is 0.250. The fourth-order valence-electron chi connectivity index (χ4n) is 3.19. The molecule has 0 N–H and O–H groups in total. The maximum absolute atomic E-state index is 14.3. The van der Waals surface area contributed by atoms with Crippen LogP contribution in [0.1, 0.15) is 0 Å². The lowest BCUT2D eigenvalue weighted by Gasteiger charge is -2.34. The molecular weight excluding hydrogens is 301 g/mol. The third-order valence-corrected chi connectivity index (χ3v) is 4.70. The first-order valence-electron chi connectivity index (χ1n) is 8.30. The lowest BCUT2D eigenvalue weighted by molar-refractivity contribution is 0.313. The number of pyridine rings is 1. The minimum Gasteiger partial charge on any atom is -0.369 e. The molecule has 0 atom stereocenters. The Labute approximate surface area is 141 Å². The molecule has 0 aliphatic carbocycles. The van der Waals surface area contributed by atoms with Gasteiger partial charge in [0.15, 0.2) is 0 Å². The number of likely N-dealkylation sites (N-methyl/N-ethyl adjacent to an activating group) is 1. The molecular formula is C20H20FN3. The van der Waals surface area contributed by atoms with Crippen LogP contribution >= 0.6 is 0 Å². The zero-order chi connectivity index (χ0) is 16.5. The molecule has 1 aliphatic heterocycles. The number of benzene rings is 2. The van der Waals surface area contributed by atoms with Gasteiger partial charge >= 0.3 is 0 Å². The summed E-state index contributed by atoms with van der Waals surface area (Å²) in [4.78, 5) is 9.33. The summed E-state index contributed by atoms with van der Waals surface area (Å²) in [5, 5.41) is 0.565. The van der Waals surface area contributed by atoms with Crippen LogP contribution in [0.15, 0.2) is 54.6 Å². The molecule has 1 saturated heterocycles. The normalized spacial score (nSPS) is 15.8. The first kappa shape index (κ1) is 15.1. The maximum Gasteiger partial charge on any atom is 0.134 e. The summed E-state index contributed by atoms with van der Waals surface area (Å²) < 4.78 is 14.3. The van der Waals surface area contributed by atoms with E-state index in [-0.39, 0.29) is 5.82 Å². The summed E-state index contributed by atoms with van der Waals surface area (Å²) in [6.45, 7) is 4.25. The monoisotopic (exact) mass is 321 g/mol. The van der Waals surface area contributed by atoms with E-state index in [1.54, 1.807) is 6.07 Å². The summed E-state index contributed by atoms with van der Waals surface area (Å²) >= 11 is 0. The SMILES string of the molecule is CN1CCN(c2ccc(-c3cc(F)c4ccccc4n3)cc2)CC1. The van der Waals surface area contributed by atoms with Crippen molar-refractivity contribution in [1.29, 1.82) is 0 Å². The predicted molar refractivity (Wildman–Crippen MR) is 96.8 cm³/mol. The number of piperazine rings is 1. The van der Waals surface area contributed by atoms with Crippen LogP contribution < -0.4 is 4.90 Å². The Bertz CT molecular complexity index is 852. The van der Waals surface area contributed by atoms with Gasteiger partial charge in [-0.15, -0.1) is 0 Å². The molecule has 0 radical (unpaired) electrons. The number of rotatable bonds is 2. The largest absolute Gasteiger partial charge is 0.369 e. The highest BCUT2D eigenvalue weighted by atomic mass is 19.1. The van der Waals surface area contributed by atoms with Crippen LogP contribution in [0.5, 0.6) is 0 Å². The number of anilines is 1. The molecule has 0 amide bonds. The van der Waals surface area contributed by atoms with E-state index in [2.05, 4.69) is 34.0 Å². The van der Waals surface area contributed by atoms with E-state index in [9.17, 15) is 4.39 Å². The fourth-order valence-corrected chi connectivity index (χ4v) is 3.19. The van der Waals surface area contributed by atoms with Crippen molar-refractivity contribution in [2.75, 3.05) is 38.1 Å². The molecule has 3 aromatic rings. The average molecular weight is 321 g/mol. The van der Waals surface area contributed by atoms with Crippen LogP contribution in [0.3, 0.4) is 0 Å². The van der Waals surface area contributed by atoms with E-state index < -0.39 is 0 Å². The molecule has 4 heteroatoms. The summed E-state index contributed by atoms with van der Waals surface area (Å²) in [6, 6.07) is 17.1. The molecule has 0 unspecified atom stereocenters. The van der Waals surface area contributed by atoms with E-state index in [0.717, 1.165) is 31.7 Å². The molecule has 0 saturated carbocycles. The summed E-state index contributed by atoms with van der Waals surface area (Å²) in [5.41, 5.74) is 3.53. The van der Waals surface area contributed by atoms with Gasteiger partial charge in [-0.3, -0.25) is 0 Å². The van der Waals surface area contributed by atoms with E-state index in [1.165, 1.54) is 11.8 Å². The van der Waals surface area contributed by atoms with E-state index in [0.29, 0.717) is 16.6 Å². The number of para-hydroxylation sites is 1. The molecule has 122 valence electrons. The molecule has 1 fully saturated rings. The topological polar surface area (TPSA) is 19.4 Å². The Balaban J connectivity index is 1.63. The Morgan fingerprint density at radius 1 is 0.917 bits per heavy atom. The molecule has 1 aliphatic rings. The van der Waals surface area contributed by atoms with Gasteiger partial charge in [-0.2, -0.15) is 0 Å². The summed E-state index contributed by atoms with van der Waals surface area (Å²) in [5.74, 6) is -0.223. The second kappa shape index (κ2) is 6.21. The number of hydrogen-bond donors (Lipinski definition) is 0. The smallest absolute Gasteiger partial charge is 0.134 e. The van der Waals surface area contributed by atoms with Gasteiger partial charge in [0.25, 0.3) is 0 Å². The van der Waals surface area contributed by atoms with Gasteiger partial charge in [-0.25, -0.2) is 9.37 Å². The third kappa shape index (κ3) is 2.85. The minimum absolute atomic E-state index is 0.223. The van der Waals surface area contributed by atoms with Crippen molar-refractivity contribution < 1.29 is 4.39 Å². The Hall–Kier alpha value is -2.46. The Kier molecular flexibility index (Phi) is 3.90. The predicted octanol–water partition coefficient (Wildman–Crippen LogP) is 3.79. The molecule has 4 rings (SSSR count). The Morgan fingerprint density at radius 2 is 1.62 bits per heavy atom. The minimum atomic E-state index is -0.223. The van der Waals surface area contributed by atoms with Crippen molar-refractivity contribution in [3.05, 3.63) is 60.4 Å². The van der Waals surface area contributed by atoms with E-state index >= 15 is 0 Å². The van der Waals surface area contributed by atoms with Gasteiger partial charge in [0.2, 0.25) is 0 Å². The van der Waals surface area contributed by atoms with Gasteiger partial charge in [0.1, 0.15) is 5.82 Å². The first-order chi connectivity index (χ1) is 11.7. The van der Waals surface area contributed by atoms with Crippen molar-refractivity contribution in [3.63, 3.8) is 0 Å². The van der Waals surface area contributed by atoms with Crippen molar-refractivity contribution in [1.82, 2.24) is 9.88 Å². The Morgan fingerprint density at radius 3 is 2.38 bits per heavy atom. The van der Waals surface area contributed by atoms with E-state index in [1.807, 2.05) is 30.3 Å². The van der Waals surface area contributed by atoms with Crippen LogP contribution in [-0.2, 0) is 0 Å². The lowest BCUT2D eigenvalue weighted by atomic mass is 10.1. The highest BCUT2D eigenvalue weighted by Gasteiger charge is 2.14. The molecule has 24 heavy (non-hydrogen) atoms. The van der Waals surface area contributed by atoms with Crippen molar-refractivity contribution in [3.8, 4) is 11.3 Å². The van der Waals surface area contributed by atoms with Crippen molar-refractivity contribution in [2.24, 2.45) is 0 Å². The van der Waals surface area contributed by atoms with Gasteiger partial charge < -0.3 is 9.80 Å². The maximum atomic E-state index is 14.3. The third-order valence-electron chi connectivity index (χ3n) is 4.70. The average Bonchev–Trinajstić information content (AvgIpc) is 2.62. The molecule has 0 bridgehead atoms. The second-order valence-corrected chi connectivity index (χ2v) is 6.34. The first-order valence-corrected chi connectivity index (χ1v) is 8.30. The van der Waals surface area contributed by atoms with Crippen LogP contribution in [0.25, 0.3) is 22.2 Å². The zero-order valence-corrected chi connectivity index (χ0v) is 13.7. The van der Waals surface area contributed by atoms with Gasteiger partial charge in [0.05, 0.1) is 11.2 Å². The summed E-state index contributed by atoms with van der Waals surface area (Å²) in [7, 11) is 2.15. The second-order valence-electron chi connectivity index (χ2n) is 6.34. The molecule has 0 spiro atoms. The molecule has 2 heterocycles. The molecule has 2 aromatic carbocycles. The highest BCUT2D eigenvalue weighted by Crippen LogP contribution is 2.26. The highest BCUT2D eigenvalue weighted by molar-refractivity contribution is 5.82. The van der Waals surface area contributed by atoms with Crippen LogP contribution in [0.2, 0.25) is 0 Å². The standard InChI is InChI=1S/C20H20FN3/c1-23-10-12-24(13-11-23)16-8-6-15(7-9-16)20-14-18(21)17-4-2-3-5-19(17)22-20/h2-9,14H,10-13H2,1H3. The van der Waals surface area contributed by atoms with E-state index in [4.69, 9.17) is 0 Å². The number of fused-ring (bicyclic) bond motifs is 1. The number of nitrogens with zero attached hydrogens (tertiary/aromatic N) is 3. The molecule has 1 aromatic heterocycles. The van der Waals surface area contributed by atoms with Crippen molar-refractivity contribution >= 4 is 16.6 Å². The van der Waals surface area contributed by atoms with Gasteiger partial charge in [-0.05, 0) is 31.3 Å². The summed E-state index contributed by atoms with van der Waals surface area (Å²) in [6.07, 6.45) is 0. The van der Waals surface area contributed by atoms with Crippen LogP contribution in [0, 0.1) is 5.82 Å². The number of aromatic nitrogens is 1. The van der Waals surface area contributed by atoms with Gasteiger partial charge in [0, 0.05) is 48.9 Å². The van der Waals surface area contributed by atoms with Gasteiger partial charge in [-0.1, -0.05) is 24.3 Å². The number of hydrogen-bond acceptors (Lipinski definition) is 3. The lowest BCUT2D eigenvalue weighted by Crippen LogP contribution is -2.44. The number of halogens is 1. The van der Waals surface area contributed by atoms with Crippen LogP contribution in [-0.4, -0.2) is 43.1 Å².